The van der Waals surface area contributed by atoms with Crippen LogP contribution in [0.4, 0.5) is 5.69 Å². The molecule has 0 fully saturated rings. The molecule has 0 spiro atoms. The number of methoxy groups -OCH3 is 1. The van der Waals surface area contributed by atoms with Gasteiger partial charge in [0, 0.05) is 19.2 Å². The quantitative estimate of drug-likeness (QED) is 0.515. The Hall–Kier alpha value is -1.64. The Morgan fingerprint density at radius 1 is 1.14 bits per heavy atom. The molecule has 0 aromatic heterocycles. The Kier molecular flexibility index (Phi) is 7.86. The van der Waals surface area contributed by atoms with Crippen LogP contribution in [-0.4, -0.2) is 47.5 Å². The van der Waals surface area contributed by atoms with Crippen LogP contribution in [0.25, 0.3) is 0 Å². The van der Waals surface area contributed by atoms with Gasteiger partial charge in [0.1, 0.15) is 5.75 Å². The molecule has 1 amide bonds. The summed E-state index contributed by atoms with van der Waals surface area (Å²) in [5, 5.41) is 2.74. The standard InChI is InChI=1S/C14H21NO6S/c1-19-11-8-14(16)15-12-4-6-13(7-5-12)20-9-3-10-21-22(2,17)18/h4-7H,3,8-11H2,1-2H3,(H,15,16). The molecule has 0 aliphatic rings. The van der Waals surface area contributed by atoms with Gasteiger partial charge in [-0.05, 0) is 24.3 Å². The summed E-state index contributed by atoms with van der Waals surface area (Å²) in [4.78, 5) is 11.5. The van der Waals surface area contributed by atoms with Crippen LogP contribution in [0.15, 0.2) is 24.3 Å². The van der Waals surface area contributed by atoms with E-state index in [1.807, 2.05) is 0 Å². The van der Waals surface area contributed by atoms with Crippen LogP contribution >= 0.6 is 0 Å². The Labute approximate surface area is 130 Å². The maximum Gasteiger partial charge on any atom is 0.264 e. The lowest BCUT2D eigenvalue weighted by atomic mass is 10.3. The van der Waals surface area contributed by atoms with Crippen molar-refractivity contribution in [3.05, 3.63) is 24.3 Å². The lowest BCUT2D eigenvalue weighted by Gasteiger charge is -2.08. The van der Waals surface area contributed by atoms with Crippen molar-refractivity contribution in [2.45, 2.75) is 12.8 Å². The fourth-order valence-corrected chi connectivity index (χ4v) is 1.93. The lowest BCUT2D eigenvalue weighted by molar-refractivity contribution is -0.117. The van der Waals surface area contributed by atoms with Crippen LogP contribution in [0.5, 0.6) is 5.75 Å². The molecule has 0 atom stereocenters. The van der Waals surface area contributed by atoms with Gasteiger partial charge in [0.15, 0.2) is 0 Å². The number of benzene rings is 1. The highest BCUT2D eigenvalue weighted by Crippen LogP contribution is 2.16. The fourth-order valence-electron chi connectivity index (χ4n) is 1.51. The van der Waals surface area contributed by atoms with Gasteiger partial charge in [0.05, 0.1) is 32.5 Å². The van der Waals surface area contributed by atoms with E-state index >= 15 is 0 Å². The van der Waals surface area contributed by atoms with Crippen LogP contribution in [0.3, 0.4) is 0 Å². The summed E-state index contributed by atoms with van der Waals surface area (Å²) in [5.74, 6) is 0.516. The maximum atomic E-state index is 11.5. The van der Waals surface area contributed by atoms with E-state index < -0.39 is 10.1 Å². The third-order valence-corrected chi connectivity index (χ3v) is 3.12. The number of nitrogens with one attached hydrogen (secondary N) is 1. The molecule has 1 rings (SSSR count). The Morgan fingerprint density at radius 2 is 1.82 bits per heavy atom. The normalized spacial score (nSPS) is 11.2. The predicted octanol–water partition coefficient (Wildman–Crippen LogP) is 1.41. The third kappa shape index (κ3) is 8.60. The highest BCUT2D eigenvalue weighted by atomic mass is 32.2. The Morgan fingerprint density at radius 3 is 2.41 bits per heavy atom. The van der Waals surface area contributed by atoms with Gasteiger partial charge in [-0.15, -0.1) is 0 Å². The van der Waals surface area contributed by atoms with E-state index in [0.717, 1.165) is 6.26 Å². The number of hydrogen-bond donors (Lipinski definition) is 1. The molecule has 0 radical (unpaired) electrons. The first-order valence-electron chi connectivity index (χ1n) is 6.77. The molecular formula is C14H21NO6S. The summed E-state index contributed by atoms with van der Waals surface area (Å²) in [6.45, 7) is 0.810. The van der Waals surface area contributed by atoms with Gasteiger partial charge in [0.25, 0.3) is 10.1 Å². The van der Waals surface area contributed by atoms with Gasteiger partial charge in [-0.25, -0.2) is 0 Å². The van der Waals surface area contributed by atoms with Crippen molar-refractivity contribution in [3.63, 3.8) is 0 Å². The molecule has 0 bridgehead atoms. The van der Waals surface area contributed by atoms with E-state index in [4.69, 9.17) is 9.47 Å². The van der Waals surface area contributed by atoms with E-state index in [0.29, 0.717) is 37.5 Å². The second-order valence-electron chi connectivity index (χ2n) is 4.54. The van der Waals surface area contributed by atoms with E-state index in [-0.39, 0.29) is 12.5 Å². The lowest BCUT2D eigenvalue weighted by Crippen LogP contribution is -2.13. The molecule has 8 heteroatoms. The molecule has 0 saturated carbocycles. The molecule has 22 heavy (non-hydrogen) atoms. The smallest absolute Gasteiger partial charge is 0.264 e. The number of carbonyl (C=O) groups excluding carboxylic acids is 1. The highest BCUT2D eigenvalue weighted by molar-refractivity contribution is 7.85. The molecule has 0 unspecified atom stereocenters. The topological polar surface area (TPSA) is 90.9 Å². The van der Waals surface area contributed by atoms with Crippen LogP contribution in [0.1, 0.15) is 12.8 Å². The van der Waals surface area contributed by atoms with Gasteiger partial charge in [-0.3, -0.25) is 8.98 Å². The van der Waals surface area contributed by atoms with Crippen molar-refractivity contribution < 1.29 is 26.9 Å². The minimum Gasteiger partial charge on any atom is -0.494 e. The molecule has 0 aliphatic heterocycles. The summed E-state index contributed by atoms with van der Waals surface area (Å²) in [5.41, 5.74) is 0.675. The molecule has 0 heterocycles. The van der Waals surface area contributed by atoms with Gasteiger partial charge >= 0.3 is 0 Å². The zero-order valence-corrected chi connectivity index (χ0v) is 13.5. The van der Waals surface area contributed by atoms with E-state index in [1.54, 1.807) is 31.4 Å². The van der Waals surface area contributed by atoms with Crippen molar-refractivity contribution in [1.82, 2.24) is 0 Å². The molecule has 1 aromatic rings. The van der Waals surface area contributed by atoms with E-state index in [2.05, 4.69) is 9.50 Å². The van der Waals surface area contributed by atoms with E-state index in [1.165, 1.54) is 0 Å². The van der Waals surface area contributed by atoms with E-state index in [9.17, 15) is 13.2 Å². The molecule has 1 N–H and O–H groups in total. The zero-order chi connectivity index (χ0) is 16.4. The fraction of sp³-hybridized carbons (Fsp3) is 0.500. The number of carbonyl (C=O) groups is 1. The SMILES string of the molecule is COCCC(=O)Nc1ccc(OCCCOS(C)(=O)=O)cc1. The average Bonchev–Trinajstić information content (AvgIpc) is 2.45. The Bertz CT molecular complexity index is 555. The highest BCUT2D eigenvalue weighted by Gasteiger charge is 2.03. The number of rotatable bonds is 10. The predicted molar refractivity (Wildman–Crippen MR) is 82.5 cm³/mol. The van der Waals surface area contributed by atoms with Crippen molar-refractivity contribution >= 4 is 21.7 Å². The first-order valence-corrected chi connectivity index (χ1v) is 8.58. The van der Waals surface area contributed by atoms with Gasteiger partial charge in [0.2, 0.25) is 5.91 Å². The van der Waals surface area contributed by atoms with Crippen molar-refractivity contribution in [3.8, 4) is 5.75 Å². The molecule has 1 aromatic carbocycles. The summed E-state index contributed by atoms with van der Waals surface area (Å²) < 4.78 is 36.4. The third-order valence-electron chi connectivity index (χ3n) is 2.53. The number of amides is 1. The first kappa shape index (κ1) is 18.4. The first-order chi connectivity index (χ1) is 10.4. The summed E-state index contributed by atoms with van der Waals surface area (Å²) in [6.07, 6.45) is 1.77. The molecule has 7 nitrogen and oxygen atoms in total. The monoisotopic (exact) mass is 331 g/mol. The van der Waals surface area contributed by atoms with Gasteiger partial charge in [-0.1, -0.05) is 0 Å². The van der Waals surface area contributed by atoms with Crippen molar-refractivity contribution in [2.24, 2.45) is 0 Å². The summed E-state index contributed by atoms with van der Waals surface area (Å²) in [7, 11) is -1.86. The van der Waals surface area contributed by atoms with Gasteiger partial charge < -0.3 is 14.8 Å². The number of hydrogen-bond acceptors (Lipinski definition) is 6. The van der Waals surface area contributed by atoms with Crippen LogP contribution in [0.2, 0.25) is 0 Å². The zero-order valence-electron chi connectivity index (χ0n) is 12.7. The minimum absolute atomic E-state index is 0.0898. The number of anilines is 1. The second-order valence-corrected chi connectivity index (χ2v) is 6.19. The van der Waals surface area contributed by atoms with Crippen LogP contribution in [-0.2, 0) is 23.8 Å². The van der Waals surface area contributed by atoms with Crippen molar-refractivity contribution in [2.75, 3.05) is 38.5 Å². The second kappa shape index (κ2) is 9.39. The van der Waals surface area contributed by atoms with Gasteiger partial charge in [-0.2, -0.15) is 8.42 Å². The Balaban J connectivity index is 2.28. The molecule has 124 valence electrons. The summed E-state index contributed by atoms with van der Waals surface area (Å²) >= 11 is 0. The minimum atomic E-state index is -3.40. The largest absolute Gasteiger partial charge is 0.494 e. The van der Waals surface area contributed by atoms with Crippen molar-refractivity contribution in [1.29, 1.82) is 0 Å². The molecule has 0 saturated heterocycles. The van der Waals surface area contributed by atoms with Crippen LogP contribution < -0.4 is 10.1 Å². The molecule has 0 aliphatic carbocycles. The summed E-state index contributed by atoms with van der Waals surface area (Å²) in [6, 6.07) is 6.91. The van der Waals surface area contributed by atoms with Crippen LogP contribution in [0, 0.1) is 0 Å². The average molecular weight is 331 g/mol. The molecular weight excluding hydrogens is 310 g/mol. The maximum absolute atomic E-state index is 11.5. The number of ether oxygens (including phenoxy) is 2.